The standard InChI is InChI=1S/C16H16N2O3/c1-10(19)11-6-8-12(9-7-11)15(20)17-16-13-4-2-3-5-14(13)18-21-16/h6-9H,2-5H2,1H3,(H,17,20). The number of carbonyl (C=O) groups excluding carboxylic acids is 2. The predicted octanol–water partition coefficient (Wildman–Crippen LogP) is 3.01. The highest BCUT2D eigenvalue weighted by Gasteiger charge is 2.21. The van der Waals surface area contributed by atoms with Gasteiger partial charge in [-0.2, -0.15) is 0 Å². The number of rotatable bonds is 3. The van der Waals surface area contributed by atoms with Gasteiger partial charge < -0.3 is 4.52 Å². The molecule has 0 saturated heterocycles. The van der Waals surface area contributed by atoms with Gasteiger partial charge in [0.25, 0.3) is 5.91 Å². The van der Waals surface area contributed by atoms with Gasteiger partial charge in [-0.3, -0.25) is 14.9 Å². The fourth-order valence-corrected chi connectivity index (χ4v) is 2.52. The van der Waals surface area contributed by atoms with E-state index in [4.69, 9.17) is 4.52 Å². The molecule has 0 radical (unpaired) electrons. The van der Waals surface area contributed by atoms with Crippen LogP contribution in [0.3, 0.4) is 0 Å². The maximum absolute atomic E-state index is 12.2. The third-order valence-corrected chi connectivity index (χ3v) is 3.74. The van der Waals surface area contributed by atoms with Crippen molar-refractivity contribution in [3.8, 4) is 0 Å². The normalized spacial score (nSPS) is 13.6. The topological polar surface area (TPSA) is 72.2 Å². The van der Waals surface area contributed by atoms with E-state index in [0.717, 1.165) is 36.9 Å². The quantitative estimate of drug-likeness (QED) is 0.879. The van der Waals surface area contributed by atoms with Crippen molar-refractivity contribution < 1.29 is 14.1 Å². The molecule has 1 N–H and O–H groups in total. The Kier molecular flexibility index (Phi) is 3.56. The van der Waals surface area contributed by atoms with Crippen LogP contribution in [0, 0.1) is 0 Å². The molecule has 1 aromatic heterocycles. The van der Waals surface area contributed by atoms with E-state index < -0.39 is 0 Å². The van der Waals surface area contributed by atoms with Crippen LogP contribution < -0.4 is 5.32 Å². The molecule has 1 aromatic carbocycles. The summed E-state index contributed by atoms with van der Waals surface area (Å²) in [5.74, 6) is 0.172. The summed E-state index contributed by atoms with van der Waals surface area (Å²) in [4.78, 5) is 23.4. The Balaban J connectivity index is 1.77. The van der Waals surface area contributed by atoms with Crippen molar-refractivity contribution in [2.45, 2.75) is 32.6 Å². The number of Topliss-reactive ketones (excluding diaryl/α,β-unsaturated/α-hetero) is 1. The van der Waals surface area contributed by atoms with E-state index in [0.29, 0.717) is 17.0 Å². The summed E-state index contributed by atoms with van der Waals surface area (Å²) < 4.78 is 5.24. The minimum Gasteiger partial charge on any atom is -0.338 e. The number of aromatic nitrogens is 1. The van der Waals surface area contributed by atoms with Gasteiger partial charge in [0.2, 0.25) is 5.88 Å². The monoisotopic (exact) mass is 284 g/mol. The maximum atomic E-state index is 12.2. The highest BCUT2D eigenvalue weighted by atomic mass is 16.5. The molecule has 1 aliphatic carbocycles. The largest absolute Gasteiger partial charge is 0.338 e. The summed E-state index contributed by atoms with van der Waals surface area (Å²) in [6.45, 7) is 1.50. The first-order valence-corrected chi connectivity index (χ1v) is 7.05. The number of hydrogen-bond donors (Lipinski definition) is 1. The molecule has 5 nitrogen and oxygen atoms in total. The lowest BCUT2D eigenvalue weighted by atomic mass is 9.97. The van der Waals surface area contributed by atoms with Crippen LogP contribution in [-0.4, -0.2) is 16.8 Å². The van der Waals surface area contributed by atoms with Crippen molar-refractivity contribution in [2.75, 3.05) is 5.32 Å². The lowest BCUT2D eigenvalue weighted by Gasteiger charge is -2.09. The molecule has 21 heavy (non-hydrogen) atoms. The smallest absolute Gasteiger partial charge is 0.258 e. The predicted molar refractivity (Wildman–Crippen MR) is 77.5 cm³/mol. The third-order valence-electron chi connectivity index (χ3n) is 3.74. The number of benzene rings is 1. The van der Waals surface area contributed by atoms with Crippen LogP contribution in [0.4, 0.5) is 5.88 Å². The summed E-state index contributed by atoms with van der Waals surface area (Å²) in [7, 11) is 0. The molecule has 0 fully saturated rings. The van der Waals surface area contributed by atoms with Crippen LogP contribution in [0.1, 0.15) is 51.7 Å². The van der Waals surface area contributed by atoms with Crippen molar-refractivity contribution >= 4 is 17.6 Å². The van der Waals surface area contributed by atoms with E-state index >= 15 is 0 Å². The average Bonchev–Trinajstić information content (AvgIpc) is 2.91. The van der Waals surface area contributed by atoms with Crippen molar-refractivity contribution in [1.82, 2.24) is 5.16 Å². The lowest BCUT2D eigenvalue weighted by molar-refractivity contribution is 0.100. The van der Waals surface area contributed by atoms with Crippen LogP contribution in [0.15, 0.2) is 28.8 Å². The minimum absolute atomic E-state index is 0.0220. The van der Waals surface area contributed by atoms with Crippen molar-refractivity contribution in [1.29, 1.82) is 0 Å². The molecule has 2 aromatic rings. The van der Waals surface area contributed by atoms with E-state index in [-0.39, 0.29) is 11.7 Å². The van der Waals surface area contributed by atoms with Crippen LogP contribution in [0.25, 0.3) is 0 Å². The number of anilines is 1. The summed E-state index contributed by atoms with van der Waals surface area (Å²) in [5, 5.41) is 6.77. The lowest BCUT2D eigenvalue weighted by Crippen LogP contribution is -2.13. The second-order valence-electron chi connectivity index (χ2n) is 5.23. The zero-order chi connectivity index (χ0) is 14.8. The van der Waals surface area contributed by atoms with Gasteiger partial charge in [-0.05, 0) is 44.7 Å². The molecule has 0 bridgehead atoms. The molecule has 0 unspecified atom stereocenters. The van der Waals surface area contributed by atoms with Gasteiger partial charge in [-0.25, -0.2) is 0 Å². The number of aryl methyl sites for hydroxylation is 1. The number of amides is 1. The van der Waals surface area contributed by atoms with E-state index in [1.807, 2.05) is 0 Å². The summed E-state index contributed by atoms with van der Waals surface area (Å²) in [6, 6.07) is 6.56. The molecule has 108 valence electrons. The Morgan fingerprint density at radius 1 is 1.10 bits per heavy atom. The van der Waals surface area contributed by atoms with E-state index in [1.54, 1.807) is 24.3 Å². The molecule has 0 saturated carbocycles. The molecular formula is C16H16N2O3. The number of carbonyl (C=O) groups is 2. The Bertz CT molecular complexity index is 686. The second kappa shape index (κ2) is 5.52. The van der Waals surface area contributed by atoms with Crippen LogP contribution in [0.5, 0.6) is 0 Å². The number of fused-ring (bicyclic) bond motifs is 1. The molecule has 3 rings (SSSR count). The highest BCUT2D eigenvalue weighted by Crippen LogP contribution is 2.27. The van der Waals surface area contributed by atoms with Gasteiger partial charge in [0.05, 0.1) is 5.69 Å². The summed E-state index contributed by atoms with van der Waals surface area (Å²) >= 11 is 0. The Morgan fingerprint density at radius 3 is 2.48 bits per heavy atom. The highest BCUT2D eigenvalue weighted by molar-refractivity contribution is 6.04. The van der Waals surface area contributed by atoms with E-state index in [1.165, 1.54) is 6.92 Å². The molecule has 5 heteroatoms. The van der Waals surface area contributed by atoms with Crippen LogP contribution in [-0.2, 0) is 12.8 Å². The minimum atomic E-state index is -0.255. The fourth-order valence-electron chi connectivity index (χ4n) is 2.52. The Morgan fingerprint density at radius 2 is 1.76 bits per heavy atom. The first kappa shape index (κ1) is 13.5. The first-order chi connectivity index (χ1) is 10.1. The zero-order valence-corrected chi connectivity index (χ0v) is 11.8. The zero-order valence-electron chi connectivity index (χ0n) is 11.8. The maximum Gasteiger partial charge on any atom is 0.258 e. The summed E-state index contributed by atoms with van der Waals surface area (Å²) in [5.41, 5.74) is 3.03. The van der Waals surface area contributed by atoms with Gasteiger partial charge in [-0.15, -0.1) is 0 Å². The van der Waals surface area contributed by atoms with Crippen LogP contribution in [0.2, 0.25) is 0 Å². The number of hydrogen-bond acceptors (Lipinski definition) is 4. The number of nitrogens with one attached hydrogen (secondary N) is 1. The molecule has 1 heterocycles. The first-order valence-electron chi connectivity index (χ1n) is 7.05. The van der Waals surface area contributed by atoms with Gasteiger partial charge >= 0.3 is 0 Å². The van der Waals surface area contributed by atoms with Gasteiger partial charge in [0.15, 0.2) is 5.78 Å². The van der Waals surface area contributed by atoms with Crippen molar-refractivity contribution in [3.05, 3.63) is 46.6 Å². The molecule has 1 aliphatic rings. The molecule has 0 aliphatic heterocycles. The number of ketones is 1. The average molecular weight is 284 g/mol. The van der Waals surface area contributed by atoms with Gasteiger partial charge in [0.1, 0.15) is 0 Å². The Labute approximate surface area is 122 Å². The van der Waals surface area contributed by atoms with E-state index in [2.05, 4.69) is 10.5 Å². The third kappa shape index (κ3) is 2.72. The van der Waals surface area contributed by atoms with Crippen LogP contribution >= 0.6 is 0 Å². The van der Waals surface area contributed by atoms with Crippen molar-refractivity contribution in [3.63, 3.8) is 0 Å². The summed E-state index contributed by atoms with van der Waals surface area (Å²) in [6.07, 6.45) is 3.99. The SMILES string of the molecule is CC(=O)c1ccc(C(=O)Nc2onc3c2CCCC3)cc1. The Hall–Kier alpha value is -2.43. The molecule has 0 spiro atoms. The molecule has 1 amide bonds. The van der Waals surface area contributed by atoms with E-state index in [9.17, 15) is 9.59 Å². The van der Waals surface area contributed by atoms with Gasteiger partial charge in [0, 0.05) is 16.7 Å². The molecule has 0 atom stereocenters. The van der Waals surface area contributed by atoms with Gasteiger partial charge in [-0.1, -0.05) is 17.3 Å². The fraction of sp³-hybridized carbons (Fsp3) is 0.312. The van der Waals surface area contributed by atoms with Crippen molar-refractivity contribution in [2.24, 2.45) is 0 Å². The second-order valence-corrected chi connectivity index (χ2v) is 5.23. The number of nitrogens with zero attached hydrogens (tertiary/aromatic N) is 1. The molecular weight excluding hydrogens is 268 g/mol.